The predicted octanol–water partition coefficient (Wildman–Crippen LogP) is 3.39. The van der Waals surface area contributed by atoms with E-state index in [1.807, 2.05) is 0 Å². The van der Waals surface area contributed by atoms with Crippen LogP contribution < -0.4 is 10.2 Å². The maximum Gasteiger partial charge on any atom is 0.411 e. The number of β-amino-alcohol motifs (C(OH)–C–C–N with tert-alkyl or cyclic N) is 1. The fraction of sp³-hybridized carbons (Fsp3) is 0.455. The highest BCUT2D eigenvalue weighted by atomic mass is 35.5. The molecule has 2 aliphatic rings. The normalized spacial score (nSPS) is 17.9. The number of amides is 4. The van der Waals surface area contributed by atoms with E-state index in [1.165, 1.54) is 59.9 Å². The van der Waals surface area contributed by atoms with Crippen LogP contribution in [-0.4, -0.2) is 123 Å². The van der Waals surface area contributed by atoms with E-state index >= 15 is 0 Å². The number of benzene rings is 1. The Balaban J connectivity index is 1.20. The van der Waals surface area contributed by atoms with Gasteiger partial charge < -0.3 is 34.4 Å². The Morgan fingerprint density at radius 2 is 1.72 bits per heavy atom. The standard InChI is InChI=1S/C33H39ClF2N8O6/c1-33(2,3)50-32(49)44-17-19(45)14-24(44)31(48)43-11-9-42(10-12-43)30(47)20-8-7-18(13-22(20)34)38-29(46)28-37-16-25(41(28)6)21-15-23(35)27(40(4)5)39-26(21)36/h7-8,13,15-16,19,24,45H,9-12,14,17H2,1-6H3,(H,38,46)/t19-,24+/m1/s1. The first-order valence-electron chi connectivity index (χ1n) is 15.9. The van der Waals surface area contributed by atoms with E-state index in [2.05, 4.69) is 15.3 Å². The number of hydrogen-bond donors (Lipinski definition) is 2. The number of nitrogens with one attached hydrogen (secondary N) is 1. The Morgan fingerprint density at radius 3 is 2.34 bits per heavy atom. The number of anilines is 2. The molecular formula is C33H39ClF2N8O6. The molecule has 0 radical (unpaired) electrons. The van der Waals surface area contributed by atoms with Crippen LogP contribution in [-0.2, 0) is 16.6 Å². The molecule has 0 saturated carbocycles. The number of halogens is 3. The molecule has 0 aliphatic carbocycles. The number of ether oxygens (including phenoxy) is 1. The van der Waals surface area contributed by atoms with Crippen LogP contribution in [0.1, 0.15) is 48.2 Å². The summed E-state index contributed by atoms with van der Waals surface area (Å²) in [6.07, 6.45) is -0.192. The van der Waals surface area contributed by atoms with Crippen LogP contribution in [0.2, 0.25) is 5.02 Å². The van der Waals surface area contributed by atoms with Crippen LogP contribution in [0.15, 0.2) is 30.5 Å². The average Bonchev–Trinajstić information content (AvgIpc) is 3.63. The van der Waals surface area contributed by atoms with Gasteiger partial charge in [0.25, 0.3) is 11.8 Å². The summed E-state index contributed by atoms with van der Waals surface area (Å²) in [6, 6.07) is 4.50. The van der Waals surface area contributed by atoms with Gasteiger partial charge in [0.2, 0.25) is 11.9 Å². The van der Waals surface area contributed by atoms with Crippen LogP contribution in [0.25, 0.3) is 11.3 Å². The minimum absolute atomic E-state index is 0.00788. The van der Waals surface area contributed by atoms with E-state index in [0.29, 0.717) is 0 Å². The number of carbonyl (C=O) groups excluding carboxylic acids is 4. The van der Waals surface area contributed by atoms with Gasteiger partial charge in [-0.15, -0.1) is 0 Å². The second-order valence-electron chi connectivity index (χ2n) is 13.4. The average molecular weight is 717 g/mol. The molecular weight excluding hydrogens is 678 g/mol. The lowest BCUT2D eigenvalue weighted by molar-refractivity contribution is -0.137. The van der Waals surface area contributed by atoms with Gasteiger partial charge in [0.1, 0.15) is 11.6 Å². The number of imidazole rings is 1. The lowest BCUT2D eigenvalue weighted by atomic mass is 10.1. The van der Waals surface area contributed by atoms with E-state index in [-0.39, 0.29) is 90.1 Å². The van der Waals surface area contributed by atoms with E-state index in [0.717, 1.165) is 6.07 Å². The molecule has 3 aromatic rings. The van der Waals surface area contributed by atoms with Gasteiger partial charge in [0.05, 0.1) is 40.7 Å². The molecule has 17 heteroatoms. The Morgan fingerprint density at radius 1 is 1.06 bits per heavy atom. The van der Waals surface area contributed by atoms with Gasteiger partial charge in [0, 0.05) is 59.4 Å². The molecule has 268 valence electrons. The fourth-order valence-corrected chi connectivity index (χ4v) is 6.12. The highest BCUT2D eigenvalue weighted by molar-refractivity contribution is 6.34. The summed E-state index contributed by atoms with van der Waals surface area (Å²) in [5.74, 6) is -3.29. The molecule has 4 amide bonds. The molecule has 2 atom stereocenters. The van der Waals surface area contributed by atoms with E-state index in [4.69, 9.17) is 16.3 Å². The van der Waals surface area contributed by atoms with Crippen molar-refractivity contribution < 1.29 is 37.8 Å². The highest BCUT2D eigenvalue weighted by Crippen LogP contribution is 2.29. The molecule has 2 aliphatic heterocycles. The van der Waals surface area contributed by atoms with Gasteiger partial charge in [-0.25, -0.2) is 14.2 Å². The summed E-state index contributed by atoms with van der Waals surface area (Å²) in [6.45, 7) is 5.99. The maximum atomic E-state index is 14.8. The number of aromatic nitrogens is 3. The second kappa shape index (κ2) is 14.2. The SMILES string of the molecule is CN(C)c1nc(F)c(-c2cnc(C(=O)Nc3ccc(C(=O)N4CCN(C(=O)[C@@H]5C[C@@H](O)CN5C(=O)OC(C)(C)C)CC4)c(Cl)c3)n2C)cc1F. The van der Waals surface area contributed by atoms with Crippen molar-refractivity contribution >= 4 is 46.9 Å². The van der Waals surface area contributed by atoms with Crippen molar-refractivity contribution in [1.82, 2.24) is 29.2 Å². The van der Waals surface area contributed by atoms with Crippen LogP contribution in [0.4, 0.5) is 25.1 Å². The smallest absolute Gasteiger partial charge is 0.411 e. The fourth-order valence-electron chi connectivity index (χ4n) is 5.86. The van der Waals surface area contributed by atoms with Gasteiger partial charge in [-0.05, 0) is 45.0 Å². The first kappa shape index (κ1) is 36.5. The number of carbonyl (C=O) groups is 4. The topological polar surface area (TPSA) is 153 Å². The van der Waals surface area contributed by atoms with Gasteiger partial charge in [-0.1, -0.05) is 11.6 Å². The first-order valence-corrected chi connectivity index (χ1v) is 16.2. The van der Waals surface area contributed by atoms with Crippen molar-refractivity contribution in [3.63, 3.8) is 0 Å². The van der Waals surface area contributed by atoms with Gasteiger partial charge in [-0.3, -0.25) is 19.3 Å². The van der Waals surface area contributed by atoms with E-state index in [1.54, 1.807) is 30.6 Å². The van der Waals surface area contributed by atoms with Crippen molar-refractivity contribution in [2.75, 3.05) is 57.0 Å². The zero-order valence-electron chi connectivity index (χ0n) is 28.5. The van der Waals surface area contributed by atoms with Crippen LogP contribution in [0.3, 0.4) is 0 Å². The van der Waals surface area contributed by atoms with Gasteiger partial charge in [0.15, 0.2) is 17.5 Å². The van der Waals surface area contributed by atoms with E-state index in [9.17, 15) is 33.1 Å². The zero-order chi connectivity index (χ0) is 36.7. The van der Waals surface area contributed by atoms with Crippen molar-refractivity contribution in [1.29, 1.82) is 0 Å². The number of hydrogen-bond acceptors (Lipinski definition) is 9. The van der Waals surface area contributed by atoms with Crippen LogP contribution in [0.5, 0.6) is 0 Å². The largest absolute Gasteiger partial charge is 0.444 e. The maximum absolute atomic E-state index is 14.8. The van der Waals surface area contributed by atoms with Crippen LogP contribution >= 0.6 is 11.6 Å². The molecule has 5 rings (SSSR count). The lowest BCUT2D eigenvalue weighted by Crippen LogP contribution is -2.55. The minimum Gasteiger partial charge on any atom is -0.444 e. The van der Waals surface area contributed by atoms with Gasteiger partial charge in [-0.2, -0.15) is 9.37 Å². The molecule has 2 N–H and O–H groups in total. The third-order valence-corrected chi connectivity index (χ3v) is 8.64. The lowest BCUT2D eigenvalue weighted by Gasteiger charge is -2.37. The minimum atomic E-state index is -0.927. The quantitative estimate of drug-likeness (QED) is 0.366. The Kier molecular flexibility index (Phi) is 10.3. The number of likely N-dealkylation sites (tertiary alicyclic amines) is 1. The molecule has 0 bridgehead atoms. The number of pyridine rings is 1. The number of nitrogens with zero attached hydrogens (tertiary/aromatic N) is 7. The zero-order valence-corrected chi connectivity index (χ0v) is 29.3. The number of aliphatic hydroxyl groups excluding tert-OH is 1. The van der Waals surface area contributed by atoms with Crippen LogP contribution in [0, 0.1) is 11.8 Å². The summed E-state index contributed by atoms with van der Waals surface area (Å²) < 4.78 is 36.0. The summed E-state index contributed by atoms with van der Waals surface area (Å²) in [4.78, 5) is 66.0. The summed E-state index contributed by atoms with van der Waals surface area (Å²) in [5.41, 5.74) is -0.352. The molecule has 0 unspecified atom stereocenters. The Labute approximate surface area is 292 Å². The number of piperazine rings is 1. The molecule has 2 saturated heterocycles. The Bertz CT molecular complexity index is 1820. The highest BCUT2D eigenvalue weighted by Gasteiger charge is 2.43. The molecule has 1 aromatic carbocycles. The monoisotopic (exact) mass is 716 g/mol. The molecule has 4 heterocycles. The van der Waals surface area contributed by atoms with Crippen molar-refractivity contribution in [3.05, 3.63) is 58.6 Å². The van der Waals surface area contributed by atoms with Crippen molar-refractivity contribution in [2.45, 2.75) is 44.9 Å². The molecule has 2 fully saturated rings. The molecule has 0 spiro atoms. The van der Waals surface area contributed by atoms with Gasteiger partial charge >= 0.3 is 6.09 Å². The Hall–Kier alpha value is -4.83. The molecule has 50 heavy (non-hydrogen) atoms. The van der Waals surface area contributed by atoms with Crippen molar-refractivity contribution in [3.8, 4) is 11.3 Å². The summed E-state index contributed by atoms with van der Waals surface area (Å²) >= 11 is 6.48. The molecule has 14 nitrogen and oxygen atoms in total. The third kappa shape index (κ3) is 7.65. The van der Waals surface area contributed by atoms with E-state index < -0.39 is 41.5 Å². The molecule has 2 aromatic heterocycles. The third-order valence-electron chi connectivity index (χ3n) is 8.33. The second-order valence-corrected chi connectivity index (χ2v) is 13.8. The number of rotatable bonds is 6. The summed E-state index contributed by atoms with van der Waals surface area (Å²) in [5, 5.41) is 12.9. The number of aliphatic hydroxyl groups is 1. The van der Waals surface area contributed by atoms with Crippen molar-refractivity contribution in [2.24, 2.45) is 7.05 Å². The first-order chi connectivity index (χ1) is 23.4. The predicted molar refractivity (Wildman–Crippen MR) is 180 cm³/mol. The summed E-state index contributed by atoms with van der Waals surface area (Å²) in [7, 11) is 4.54.